The number of hydrazone groups is 1. The first-order valence-electron chi connectivity index (χ1n) is 7.95. The van der Waals surface area contributed by atoms with Gasteiger partial charge in [0.05, 0.1) is 11.4 Å². The van der Waals surface area contributed by atoms with Gasteiger partial charge in [-0.25, -0.2) is 0 Å². The van der Waals surface area contributed by atoms with E-state index in [0.29, 0.717) is 0 Å². The second-order valence-corrected chi connectivity index (χ2v) is 5.78. The summed E-state index contributed by atoms with van der Waals surface area (Å²) >= 11 is 0. The lowest BCUT2D eigenvalue weighted by molar-refractivity contribution is 0.744. The van der Waals surface area contributed by atoms with E-state index >= 15 is 0 Å². The number of aryl methyl sites for hydroxylation is 1. The molecule has 0 saturated heterocycles. The van der Waals surface area contributed by atoms with E-state index in [4.69, 9.17) is 0 Å². The number of hydrogen-bond acceptors (Lipinski definition) is 4. The number of nitrogens with zero attached hydrogens (tertiary/aromatic N) is 4. The fourth-order valence-electron chi connectivity index (χ4n) is 2.80. The van der Waals surface area contributed by atoms with Gasteiger partial charge in [-0.3, -0.25) is 10.0 Å². The molecule has 0 aromatic heterocycles. The third kappa shape index (κ3) is 4.09. The Bertz CT molecular complexity index is 655. The maximum absolute atomic E-state index is 4.67. The van der Waals surface area contributed by atoms with Crippen LogP contribution in [0.15, 0.2) is 52.6 Å². The first-order valence-corrected chi connectivity index (χ1v) is 7.95. The average molecular weight is 310 g/mol. The van der Waals surface area contributed by atoms with Gasteiger partial charge in [-0.15, -0.1) is 0 Å². The Hall–Kier alpha value is -2.36. The van der Waals surface area contributed by atoms with Gasteiger partial charge >= 0.3 is 0 Å². The highest BCUT2D eigenvalue weighted by Gasteiger charge is 2.14. The van der Waals surface area contributed by atoms with E-state index in [-0.39, 0.29) is 0 Å². The van der Waals surface area contributed by atoms with E-state index in [1.807, 2.05) is 25.1 Å². The molecule has 4 heteroatoms. The Labute approximate surface area is 139 Å². The molecule has 4 nitrogen and oxygen atoms in total. The van der Waals surface area contributed by atoms with Gasteiger partial charge in [-0.05, 0) is 55.2 Å². The molecule has 0 amide bonds. The monoisotopic (exact) mass is 310 g/mol. The Balaban J connectivity index is 2.25. The van der Waals surface area contributed by atoms with Crippen LogP contribution in [0.1, 0.15) is 18.9 Å². The number of benzene rings is 1. The number of anilines is 2. The van der Waals surface area contributed by atoms with Crippen molar-refractivity contribution in [1.82, 2.24) is 0 Å². The molecule has 122 valence electrons. The van der Waals surface area contributed by atoms with Crippen LogP contribution in [-0.2, 0) is 6.42 Å². The van der Waals surface area contributed by atoms with E-state index in [1.165, 1.54) is 17.7 Å². The summed E-state index contributed by atoms with van der Waals surface area (Å²) in [5.74, 6) is 0. The molecule has 1 aromatic rings. The zero-order valence-electron chi connectivity index (χ0n) is 14.6. The van der Waals surface area contributed by atoms with Crippen molar-refractivity contribution in [3.63, 3.8) is 0 Å². The van der Waals surface area contributed by atoms with Crippen molar-refractivity contribution >= 4 is 23.3 Å². The van der Waals surface area contributed by atoms with Gasteiger partial charge in [0.1, 0.15) is 0 Å². The lowest BCUT2D eigenvalue weighted by Gasteiger charge is -2.28. The minimum atomic E-state index is 0.914. The van der Waals surface area contributed by atoms with Gasteiger partial charge in [0.15, 0.2) is 0 Å². The number of rotatable bonds is 5. The predicted molar refractivity (Wildman–Crippen MR) is 102 cm³/mol. The third-order valence-corrected chi connectivity index (χ3v) is 4.13. The van der Waals surface area contributed by atoms with Gasteiger partial charge in [-0.1, -0.05) is 12.7 Å². The maximum Gasteiger partial charge on any atom is 0.0651 e. The largest absolute Gasteiger partial charge is 0.374 e. The molecule has 0 radical (unpaired) electrons. The van der Waals surface area contributed by atoms with Crippen LogP contribution < -0.4 is 9.91 Å². The molecule has 0 unspecified atom stereocenters. The smallest absolute Gasteiger partial charge is 0.0651 e. The normalized spacial score (nSPS) is 15.7. The van der Waals surface area contributed by atoms with E-state index in [1.54, 1.807) is 19.3 Å². The summed E-state index contributed by atoms with van der Waals surface area (Å²) in [6.45, 7) is 6.96. The topological polar surface area (TPSA) is 31.2 Å². The van der Waals surface area contributed by atoms with Crippen LogP contribution in [0.25, 0.3) is 0 Å². The van der Waals surface area contributed by atoms with Crippen molar-refractivity contribution < 1.29 is 0 Å². The minimum Gasteiger partial charge on any atom is -0.374 e. The van der Waals surface area contributed by atoms with Gasteiger partial charge in [0.2, 0.25) is 0 Å². The molecule has 0 fully saturated rings. The van der Waals surface area contributed by atoms with Gasteiger partial charge < -0.3 is 4.90 Å². The van der Waals surface area contributed by atoms with Crippen LogP contribution in [0.2, 0.25) is 0 Å². The molecule has 1 aromatic carbocycles. The Morgan fingerprint density at radius 3 is 2.87 bits per heavy atom. The molecule has 1 heterocycles. The summed E-state index contributed by atoms with van der Waals surface area (Å²) in [5.41, 5.74) is 5.72. The van der Waals surface area contributed by atoms with Crippen molar-refractivity contribution in [1.29, 1.82) is 0 Å². The van der Waals surface area contributed by atoms with Gasteiger partial charge in [0, 0.05) is 39.6 Å². The summed E-state index contributed by atoms with van der Waals surface area (Å²) in [6, 6.07) is 6.56. The molecule has 23 heavy (non-hydrogen) atoms. The minimum absolute atomic E-state index is 0.914. The van der Waals surface area contributed by atoms with Crippen LogP contribution in [-0.4, -0.2) is 39.6 Å². The number of allylic oxidation sites excluding steroid dienone is 3. The van der Waals surface area contributed by atoms with E-state index in [9.17, 15) is 0 Å². The molecule has 0 atom stereocenters. The maximum atomic E-state index is 4.67. The predicted octanol–water partition coefficient (Wildman–Crippen LogP) is 3.69. The number of fused-ring (bicyclic) bond motifs is 1. The zero-order chi connectivity index (χ0) is 16.8. The van der Waals surface area contributed by atoms with Crippen LogP contribution in [0.3, 0.4) is 0 Å². The molecule has 1 aliphatic heterocycles. The Morgan fingerprint density at radius 2 is 2.17 bits per heavy atom. The van der Waals surface area contributed by atoms with E-state index in [2.05, 4.69) is 46.8 Å². The average Bonchev–Trinajstić information content (AvgIpc) is 2.55. The van der Waals surface area contributed by atoms with E-state index < -0.39 is 0 Å². The summed E-state index contributed by atoms with van der Waals surface area (Å²) < 4.78 is 0. The molecule has 0 spiro atoms. The van der Waals surface area contributed by atoms with Crippen molar-refractivity contribution in [3.8, 4) is 0 Å². The lowest BCUT2D eigenvalue weighted by atomic mass is 10.0. The van der Waals surface area contributed by atoms with Gasteiger partial charge in [-0.2, -0.15) is 5.10 Å². The number of hydrogen-bond donors (Lipinski definition) is 0. The van der Waals surface area contributed by atoms with Crippen molar-refractivity contribution in [3.05, 3.63) is 48.1 Å². The molecule has 0 aliphatic carbocycles. The fraction of sp³-hybridized carbons (Fsp3) is 0.368. The molecule has 1 aliphatic rings. The first kappa shape index (κ1) is 17.0. The highest BCUT2D eigenvalue weighted by Crippen LogP contribution is 2.29. The summed E-state index contributed by atoms with van der Waals surface area (Å²) in [4.78, 5) is 6.30. The van der Waals surface area contributed by atoms with E-state index in [0.717, 1.165) is 29.9 Å². The zero-order valence-corrected chi connectivity index (χ0v) is 14.6. The second kappa shape index (κ2) is 7.77. The Kier molecular flexibility index (Phi) is 5.74. The first-order chi connectivity index (χ1) is 11.1. The van der Waals surface area contributed by atoms with Crippen molar-refractivity contribution in [2.75, 3.05) is 37.6 Å². The van der Waals surface area contributed by atoms with Crippen LogP contribution in [0.4, 0.5) is 11.4 Å². The highest BCUT2D eigenvalue weighted by atomic mass is 15.4. The quantitative estimate of drug-likeness (QED) is 0.472. The standard InChI is InChI=1S/C19H26N4/c1-6-16(11-12-20-3)15(2)21-23(5)18-9-10-19-17(14-18)8-7-13-22(19)4/h6,9-12,14H,1,7-8,13H2,2-5H3/b16-11+,20-12?,21-15+. The van der Waals surface area contributed by atoms with Gasteiger partial charge in [0.25, 0.3) is 0 Å². The molecule has 0 saturated carbocycles. The molecule has 0 bridgehead atoms. The summed E-state index contributed by atoms with van der Waals surface area (Å²) in [6.07, 6.45) is 7.82. The summed E-state index contributed by atoms with van der Waals surface area (Å²) in [5, 5.41) is 6.60. The molecule has 0 N–H and O–H groups in total. The highest BCUT2D eigenvalue weighted by molar-refractivity contribution is 6.03. The van der Waals surface area contributed by atoms with Crippen molar-refractivity contribution in [2.24, 2.45) is 10.1 Å². The molecular weight excluding hydrogens is 284 g/mol. The SMILES string of the molecule is C=CC(=C\C=NC)/C(C)=N/N(C)c1ccc2c(c1)CCCN2C. The number of aliphatic imine (C=N–C) groups is 1. The van der Waals surface area contributed by atoms with Crippen LogP contribution >= 0.6 is 0 Å². The second-order valence-electron chi connectivity index (χ2n) is 5.78. The Morgan fingerprint density at radius 1 is 1.39 bits per heavy atom. The van der Waals surface area contributed by atoms with Crippen LogP contribution in [0.5, 0.6) is 0 Å². The third-order valence-electron chi connectivity index (χ3n) is 4.13. The summed E-state index contributed by atoms with van der Waals surface area (Å²) in [7, 11) is 5.88. The molecule has 2 rings (SSSR count). The lowest BCUT2D eigenvalue weighted by Crippen LogP contribution is -2.25. The molecular formula is C19H26N4. The van der Waals surface area contributed by atoms with Crippen LogP contribution in [0, 0.1) is 0 Å². The fourth-order valence-corrected chi connectivity index (χ4v) is 2.80. The van der Waals surface area contributed by atoms with Crippen molar-refractivity contribution in [2.45, 2.75) is 19.8 Å².